The summed E-state index contributed by atoms with van der Waals surface area (Å²) in [5.74, 6) is -0.326. The standard InChI is InChI=1S/C11H14BrFN2O2/c12-8-5-7(13)6-9(14)11(8)17-4-2-1-3-10(15)16/h5-6H,1-4,14H2,(H2,15,16). The van der Waals surface area contributed by atoms with Crippen molar-refractivity contribution in [1.82, 2.24) is 0 Å². The number of ether oxygens (including phenoxy) is 1. The number of rotatable bonds is 6. The Morgan fingerprint density at radius 1 is 1.41 bits per heavy atom. The highest BCUT2D eigenvalue weighted by Gasteiger charge is 2.08. The van der Waals surface area contributed by atoms with E-state index in [1.807, 2.05) is 0 Å². The van der Waals surface area contributed by atoms with Gasteiger partial charge in [0.05, 0.1) is 16.8 Å². The van der Waals surface area contributed by atoms with E-state index in [0.717, 1.165) is 0 Å². The third-order valence-corrected chi connectivity index (χ3v) is 2.69. The fourth-order valence-electron chi connectivity index (χ4n) is 1.31. The van der Waals surface area contributed by atoms with E-state index in [9.17, 15) is 9.18 Å². The lowest BCUT2D eigenvalue weighted by molar-refractivity contribution is -0.118. The number of nitrogens with two attached hydrogens (primary N) is 2. The molecule has 1 rings (SSSR count). The quantitative estimate of drug-likeness (QED) is 0.625. The van der Waals surface area contributed by atoms with E-state index in [0.29, 0.717) is 36.1 Å². The normalized spacial score (nSPS) is 10.2. The fraction of sp³-hybridized carbons (Fsp3) is 0.364. The average molecular weight is 305 g/mol. The zero-order valence-corrected chi connectivity index (χ0v) is 10.8. The van der Waals surface area contributed by atoms with Crippen molar-refractivity contribution in [2.24, 2.45) is 5.73 Å². The second kappa shape index (κ2) is 6.44. The molecule has 0 aliphatic heterocycles. The van der Waals surface area contributed by atoms with Crippen LogP contribution in [0.2, 0.25) is 0 Å². The largest absolute Gasteiger partial charge is 0.490 e. The van der Waals surface area contributed by atoms with Gasteiger partial charge in [-0.3, -0.25) is 4.79 Å². The molecule has 0 fully saturated rings. The number of amides is 1. The number of carbonyl (C=O) groups excluding carboxylic acids is 1. The molecular weight excluding hydrogens is 291 g/mol. The molecule has 0 saturated heterocycles. The first-order chi connectivity index (χ1) is 8.00. The molecule has 0 bridgehead atoms. The molecule has 0 aliphatic carbocycles. The predicted molar refractivity (Wildman–Crippen MR) is 67.1 cm³/mol. The number of hydrogen-bond acceptors (Lipinski definition) is 3. The van der Waals surface area contributed by atoms with Crippen LogP contribution in [-0.4, -0.2) is 12.5 Å². The van der Waals surface area contributed by atoms with Gasteiger partial charge < -0.3 is 16.2 Å². The van der Waals surface area contributed by atoms with Crippen LogP contribution in [0.25, 0.3) is 0 Å². The molecule has 0 unspecified atom stereocenters. The summed E-state index contributed by atoms with van der Waals surface area (Å²) in [5, 5.41) is 0. The van der Waals surface area contributed by atoms with Crippen LogP contribution in [0, 0.1) is 5.82 Å². The van der Waals surface area contributed by atoms with E-state index in [1.165, 1.54) is 12.1 Å². The number of carbonyl (C=O) groups is 1. The van der Waals surface area contributed by atoms with Gasteiger partial charge in [-0.15, -0.1) is 0 Å². The lowest BCUT2D eigenvalue weighted by atomic mass is 10.2. The molecule has 1 amide bonds. The van der Waals surface area contributed by atoms with Crippen LogP contribution in [0.3, 0.4) is 0 Å². The van der Waals surface area contributed by atoms with Crippen molar-refractivity contribution in [2.75, 3.05) is 12.3 Å². The summed E-state index contributed by atoms with van der Waals surface area (Å²) in [6.07, 6.45) is 1.68. The molecule has 0 spiro atoms. The van der Waals surface area contributed by atoms with Gasteiger partial charge in [-0.05, 0) is 34.8 Å². The number of unbranched alkanes of at least 4 members (excludes halogenated alkanes) is 1. The number of hydrogen-bond donors (Lipinski definition) is 2. The van der Waals surface area contributed by atoms with E-state index < -0.39 is 5.82 Å². The number of benzene rings is 1. The van der Waals surface area contributed by atoms with E-state index in [2.05, 4.69) is 15.9 Å². The fourth-order valence-corrected chi connectivity index (χ4v) is 1.87. The first-order valence-electron chi connectivity index (χ1n) is 5.16. The van der Waals surface area contributed by atoms with Gasteiger partial charge in [-0.25, -0.2) is 4.39 Å². The highest BCUT2D eigenvalue weighted by molar-refractivity contribution is 9.10. The van der Waals surface area contributed by atoms with Crippen LogP contribution in [0.15, 0.2) is 16.6 Å². The van der Waals surface area contributed by atoms with Crippen LogP contribution in [-0.2, 0) is 4.79 Å². The molecule has 1 aromatic rings. The summed E-state index contributed by atoms with van der Waals surface area (Å²) in [4.78, 5) is 10.5. The van der Waals surface area contributed by atoms with Gasteiger partial charge in [-0.1, -0.05) is 0 Å². The molecule has 0 atom stereocenters. The first kappa shape index (κ1) is 13.8. The smallest absolute Gasteiger partial charge is 0.217 e. The summed E-state index contributed by atoms with van der Waals surface area (Å²) in [7, 11) is 0. The summed E-state index contributed by atoms with van der Waals surface area (Å²) >= 11 is 3.17. The summed E-state index contributed by atoms with van der Waals surface area (Å²) < 4.78 is 18.8. The maximum absolute atomic E-state index is 12.9. The van der Waals surface area contributed by atoms with Crippen molar-refractivity contribution in [2.45, 2.75) is 19.3 Å². The topological polar surface area (TPSA) is 78.3 Å². The Morgan fingerprint density at radius 2 is 2.12 bits per heavy atom. The predicted octanol–water partition coefficient (Wildman–Crippen LogP) is 2.20. The molecule has 4 nitrogen and oxygen atoms in total. The molecule has 94 valence electrons. The molecule has 0 radical (unpaired) electrons. The SMILES string of the molecule is NC(=O)CCCCOc1c(N)cc(F)cc1Br. The van der Waals surface area contributed by atoms with Crippen molar-refractivity contribution in [3.05, 3.63) is 22.4 Å². The Bertz CT molecular complexity index is 389. The van der Waals surface area contributed by atoms with Gasteiger partial charge >= 0.3 is 0 Å². The van der Waals surface area contributed by atoms with Crippen LogP contribution in [0.1, 0.15) is 19.3 Å². The Hall–Kier alpha value is -1.30. The molecule has 4 N–H and O–H groups in total. The highest BCUT2D eigenvalue weighted by atomic mass is 79.9. The molecule has 17 heavy (non-hydrogen) atoms. The lowest BCUT2D eigenvalue weighted by Gasteiger charge is -2.10. The van der Waals surface area contributed by atoms with Crippen LogP contribution < -0.4 is 16.2 Å². The van der Waals surface area contributed by atoms with Gasteiger partial charge in [0.25, 0.3) is 0 Å². The highest BCUT2D eigenvalue weighted by Crippen LogP contribution is 2.32. The number of nitrogen functional groups attached to an aromatic ring is 1. The van der Waals surface area contributed by atoms with Crippen LogP contribution >= 0.6 is 15.9 Å². The molecule has 6 heteroatoms. The molecule has 0 aromatic heterocycles. The van der Waals surface area contributed by atoms with Gasteiger partial charge in [-0.2, -0.15) is 0 Å². The van der Waals surface area contributed by atoms with Gasteiger partial charge in [0.2, 0.25) is 5.91 Å². The average Bonchev–Trinajstić information content (AvgIpc) is 2.20. The third-order valence-electron chi connectivity index (χ3n) is 2.10. The minimum atomic E-state index is -0.421. The second-order valence-electron chi connectivity index (χ2n) is 3.58. The number of anilines is 1. The summed E-state index contributed by atoms with van der Waals surface area (Å²) in [6.45, 7) is 0.404. The van der Waals surface area contributed by atoms with E-state index in [1.54, 1.807) is 0 Å². The maximum atomic E-state index is 12.9. The zero-order chi connectivity index (χ0) is 12.8. The van der Waals surface area contributed by atoms with Crippen molar-refractivity contribution < 1.29 is 13.9 Å². The molecule has 0 saturated carbocycles. The van der Waals surface area contributed by atoms with Crippen LogP contribution in [0.5, 0.6) is 5.75 Å². The molecule has 0 heterocycles. The second-order valence-corrected chi connectivity index (χ2v) is 4.43. The minimum Gasteiger partial charge on any atom is -0.490 e. The molecular formula is C11H14BrFN2O2. The maximum Gasteiger partial charge on any atom is 0.217 e. The third kappa shape index (κ3) is 4.60. The van der Waals surface area contributed by atoms with Gasteiger partial charge in [0, 0.05) is 12.5 Å². The molecule has 0 aliphatic rings. The van der Waals surface area contributed by atoms with Gasteiger partial charge in [0.15, 0.2) is 5.75 Å². The molecule has 1 aromatic carbocycles. The zero-order valence-electron chi connectivity index (χ0n) is 9.21. The summed E-state index contributed by atoms with van der Waals surface area (Å²) in [5.41, 5.74) is 10.9. The van der Waals surface area contributed by atoms with Crippen molar-refractivity contribution >= 4 is 27.5 Å². The van der Waals surface area contributed by atoms with Crippen LogP contribution in [0.4, 0.5) is 10.1 Å². The van der Waals surface area contributed by atoms with Crippen molar-refractivity contribution in [1.29, 1.82) is 0 Å². The number of halogens is 2. The van der Waals surface area contributed by atoms with E-state index >= 15 is 0 Å². The first-order valence-corrected chi connectivity index (χ1v) is 5.95. The van der Waals surface area contributed by atoms with Crippen molar-refractivity contribution in [3.63, 3.8) is 0 Å². The summed E-state index contributed by atoms with van der Waals surface area (Å²) in [6, 6.07) is 2.48. The monoisotopic (exact) mass is 304 g/mol. The van der Waals surface area contributed by atoms with E-state index in [4.69, 9.17) is 16.2 Å². The lowest BCUT2D eigenvalue weighted by Crippen LogP contribution is -2.10. The van der Waals surface area contributed by atoms with E-state index in [-0.39, 0.29) is 11.6 Å². The Kier molecular flexibility index (Phi) is 5.21. The Balaban J connectivity index is 2.44. The minimum absolute atomic E-state index is 0.242. The number of primary amides is 1. The Morgan fingerprint density at radius 3 is 2.71 bits per heavy atom. The Labute approximate surface area is 107 Å². The van der Waals surface area contributed by atoms with Crippen molar-refractivity contribution in [3.8, 4) is 5.75 Å². The van der Waals surface area contributed by atoms with Gasteiger partial charge in [0.1, 0.15) is 5.82 Å².